The Balaban J connectivity index is 1.09. The van der Waals surface area contributed by atoms with E-state index in [1.165, 1.54) is 90.9 Å². The number of unbranched alkanes of at least 4 members (excludes halogenated alkanes) is 2. The molecule has 0 saturated carbocycles. The van der Waals surface area contributed by atoms with E-state index in [-0.39, 0.29) is 115 Å². The van der Waals surface area contributed by atoms with Crippen LogP contribution >= 0.6 is 23.1 Å². The number of likely N-dealkylation sites (N-methyl/N-ethyl adjacent to an activating group) is 3. The largest absolute Gasteiger partial charge is 0.508 e. The van der Waals surface area contributed by atoms with E-state index in [4.69, 9.17) is 17.2 Å². The van der Waals surface area contributed by atoms with Crippen molar-refractivity contribution in [2.75, 3.05) is 65.4 Å². The number of phenols is 1. The van der Waals surface area contributed by atoms with Crippen molar-refractivity contribution in [2.24, 2.45) is 23.1 Å². The fourth-order valence-electron chi connectivity index (χ4n) is 16.5. The quantitative estimate of drug-likeness (QED) is 0.0337. The Hall–Kier alpha value is -12.6. The van der Waals surface area contributed by atoms with Gasteiger partial charge in [0.25, 0.3) is 0 Å². The fourth-order valence-corrected chi connectivity index (χ4v) is 18.3. The van der Waals surface area contributed by atoms with E-state index in [0.717, 1.165) is 31.6 Å². The molecule has 3 fully saturated rings. The third-order valence-corrected chi connectivity index (χ3v) is 25.9. The second kappa shape index (κ2) is 49.6. The third kappa shape index (κ3) is 28.2. The SMILES string of the molecule is CCCC[C@H]1C(=O)N(C)[C@@H](CCCC)C(=O)N[C@@H](CCCN)C(=O)N[C@H](C(=O)NCC(N)=O)CSCC(=O)N[C@@H](Cc2ccc(O)cc2)C(=O)N(C)[C@@H](C)C(=O)N[C@@H](CC(N)=O)C(=O)N2CCC[C@H]2C(=O)N[C@@H](Cc2cnc[nH]2)C(=O)N[C@@H](CC(C)C)C(=O)N2CCC[C@H]2C(=O)N[C@@H](Cc2c[nH]c3ccccc23)C(=O)N[C@@H](CO)C(=O)N[C@@H](Cc2csc3ccccc23)C(=O)N1C. The highest BCUT2D eigenvalue weighted by Crippen LogP contribution is 2.30. The third-order valence-electron chi connectivity index (χ3n) is 23.9. The van der Waals surface area contributed by atoms with Crippen molar-refractivity contribution in [3.05, 3.63) is 119 Å². The number of fused-ring (bicyclic) bond motifs is 4. The first kappa shape index (κ1) is 103. The highest BCUT2D eigenvalue weighted by Gasteiger charge is 2.46. The molecule has 0 radical (unpaired) electrons. The molecule has 3 aromatic heterocycles. The normalized spacial score (nSPS) is 24.6. The van der Waals surface area contributed by atoms with Crippen LogP contribution in [-0.2, 0) is 107 Å². The lowest BCUT2D eigenvalue weighted by atomic mass is 10.00. The Morgan fingerprint density at radius 1 is 0.545 bits per heavy atom. The molecular formula is C90H125N21O19S2. The van der Waals surface area contributed by atoms with Gasteiger partial charge in [-0.2, -0.15) is 0 Å². The summed E-state index contributed by atoms with van der Waals surface area (Å²) in [5.74, 6) is -16.5. The van der Waals surface area contributed by atoms with Gasteiger partial charge in [0, 0.05) is 99.4 Å². The summed E-state index contributed by atoms with van der Waals surface area (Å²) in [7, 11) is 3.99. The number of aromatic hydroxyl groups is 1. The Morgan fingerprint density at radius 3 is 1.70 bits per heavy atom. The summed E-state index contributed by atoms with van der Waals surface area (Å²) in [4.78, 5) is 266. The van der Waals surface area contributed by atoms with Gasteiger partial charge >= 0.3 is 0 Å². The minimum Gasteiger partial charge on any atom is -0.508 e. The molecule has 40 nitrogen and oxygen atoms in total. The van der Waals surface area contributed by atoms with Crippen LogP contribution < -0.4 is 70.4 Å². The highest BCUT2D eigenvalue weighted by atomic mass is 32.2. The number of aromatic amines is 2. The van der Waals surface area contributed by atoms with E-state index < -0.39 is 216 Å². The van der Waals surface area contributed by atoms with Crippen LogP contribution in [0.4, 0.5) is 0 Å². The summed E-state index contributed by atoms with van der Waals surface area (Å²) in [5.41, 5.74) is 19.8. The van der Waals surface area contributed by atoms with Crippen molar-refractivity contribution < 1.29 is 91.7 Å². The lowest BCUT2D eigenvalue weighted by Crippen LogP contribution is -2.62. The zero-order valence-corrected chi connectivity index (χ0v) is 77.3. The molecular weight excluding hydrogens is 1740 g/mol. The number of aliphatic hydroxyl groups is 1. The standard InChI is InChI=1S/C90H125N21O19S2/c1-9-11-24-69-83(123)99-60(23-17-33-91)79(119)106-68(78(118)96-44-75(93)115)47-131-48-76(116)98-64(37-52-29-31-56(113)32-30-52)86(126)107(6)51(5)77(117)102-66(41-74(92)114)89(129)111-35-19-27-71(111)85(125)101-62(40-55-43-94-49-97-55)81(121)103-63(36-50(3)4)88(128)110-34-18-26-70(110)84(124)100-61(38-53-42-95-59-22-15-13-20-57(53)59)80(120)105-67(45-112)82(122)104-65(39-54-46-132-73-28-16-14-21-58(54)73)87(127)109(8)72(25-12-10-2)90(130)108(69)7/h13-16,20-22,28-32,42-43,46,49-51,60-72,95,112-113H,9-12,17-19,23-27,33-41,44-45,47-48,91H2,1-8H3,(H2,92,114)(H2,93,115)(H,94,97)(H,96,118)(H,98,116)(H,99,123)(H,100,124)(H,101,125)(H,102,117)(H,103,121)(H,104,122)(H,105,120)(H,106,119)/t51-,60-,61-,62-,63-,64-,65-,66-,67-,68-,69-,70-,71-,72-/m0/s1. The van der Waals surface area contributed by atoms with E-state index in [1.54, 1.807) is 50.4 Å². The highest BCUT2D eigenvalue weighted by molar-refractivity contribution is 8.00. The number of nitrogens with zero attached hydrogens (tertiary/aromatic N) is 6. The van der Waals surface area contributed by atoms with Crippen LogP contribution in [0.5, 0.6) is 5.75 Å². The van der Waals surface area contributed by atoms with Crippen molar-refractivity contribution in [1.82, 2.24) is 92.6 Å². The van der Waals surface area contributed by atoms with Crippen LogP contribution in [0.3, 0.4) is 0 Å². The maximum atomic E-state index is 15.7. The van der Waals surface area contributed by atoms with Gasteiger partial charge < -0.3 is 115 Å². The minimum absolute atomic E-state index is 0.00108. The number of hydrogen-bond donors (Lipinski definition) is 17. The zero-order chi connectivity index (χ0) is 96.2. The number of nitrogens with one attached hydrogen (secondary N) is 12. The predicted octanol–water partition coefficient (Wildman–Crippen LogP) is -0.691. The Morgan fingerprint density at radius 2 is 1.09 bits per heavy atom. The Labute approximate surface area is 773 Å². The van der Waals surface area contributed by atoms with Crippen molar-refractivity contribution >= 4 is 145 Å². The molecule has 6 aromatic rings. The number of phenolic OH excluding ortho intramolecular Hbond substituents is 1. The molecule has 0 bridgehead atoms. The maximum absolute atomic E-state index is 15.7. The van der Waals surface area contributed by atoms with Gasteiger partial charge in [-0.05, 0) is 129 Å². The van der Waals surface area contributed by atoms with Crippen molar-refractivity contribution in [2.45, 2.75) is 235 Å². The number of hydrogen-bond acceptors (Lipinski definition) is 23. The van der Waals surface area contributed by atoms with Gasteiger partial charge in [0.1, 0.15) is 90.3 Å². The number of imidazole rings is 1. The number of aromatic nitrogens is 3. The summed E-state index contributed by atoms with van der Waals surface area (Å²) < 4.78 is 0.835. The van der Waals surface area contributed by atoms with E-state index in [2.05, 4.69) is 68.1 Å². The molecule has 42 heteroatoms. The number of carbonyl (C=O) groups is 17. The van der Waals surface area contributed by atoms with Gasteiger partial charge in [-0.1, -0.05) is 102 Å². The number of aliphatic hydroxyl groups excluding tert-OH is 1. The van der Waals surface area contributed by atoms with E-state index in [1.807, 2.05) is 37.4 Å². The second-order valence-corrected chi connectivity index (χ2v) is 36.1. The fraction of sp³-hybridized carbons (Fsp3) is 0.533. The molecule has 3 aromatic carbocycles. The van der Waals surface area contributed by atoms with Gasteiger partial charge in [-0.3, -0.25) is 81.5 Å². The first-order valence-corrected chi connectivity index (χ1v) is 46.7. The second-order valence-electron chi connectivity index (χ2n) is 34.1. The molecule has 0 unspecified atom stereocenters. The lowest BCUT2D eigenvalue weighted by Gasteiger charge is -2.36. The zero-order valence-electron chi connectivity index (χ0n) is 75.6. The average molecular weight is 1870 g/mol. The molecule has 9 rings (SSSR count). The van der Waals surface area contributed by atoms with Crippen molar-refractivity contribution in [3.63, 3.8) is 0 Å². The van der Waals surface area contributed by atoms with Crippen molar-refractivity contribution in [3.8, 4) is 5.75 Å². The molecule has 3 aliphatic rings. The topological polar surface area (TPSA) is 590 Å². The monoisotopic (exact) mass is 1870 g/mol. The van der Waals surface area contributed by atoms with Crippen LogP contribution in [0.25, 0.3) is 21.0 Å². The van der Waals surface area contributed by atoms with Crippen LogP contribution in [0, 0.1) is 5.92 Å². The number of thiophene rings is 1. The van der Waals surface area contributed by atoms with E-state index >= 15 is 38.4 Å². The van der Waals surface area contributed by atoms with Gasteiger partial charge in [0.2, 0.25) is 100 Å². The number of carbonyl (C=O) groups excluding carboxylic acids is 17. The molecule has 3 aliphatic heterocycles. The first-order valence-electron chi connectivity index (χ1n) is 44.7. The number of rotatable bonds is 25. The van der Waals surface area contributed by atoms with Crippen LogP contribution in [0.2, 0.25) is 0 Å². The molecule has 20 N–H and O–H groups in total. The number of primary amides is 2. The van der Waals surface area contributed by atoms with Gasteiger partial charge in [0.05, 0.1) is 31.7 Å². The number of nitrogens with two attached hydrogens (primary N) is 3. The first-order chi connectivity index (χ1) is 63.0. The van der Waals surface area contributed by atoms with Crippen LogP contribution in [-0.4, -0.2) is 300 Å². The van der Waals surface area contributed by atoms with Crippen LogP contribution in [0.15, 0.2) is 96.9 Å². The van der Waals surface area contributed by atoms with Gasteiger partial charge in [-0.15, -0.1) is 23.1 Å². The van der Waals surface area contributed by atoms with Gasteiger partial charge in [-0.25, -0.2) is 4.98 Å². The summed E-state index contributed by atoms with van der Waals surface area (Å²) in [6, 6.07) is -0.723. The molecule has 132 heavy (non-hydrogen) atoms. The Bertz CT molecular complexity index is 5070. The number of benzene rings is 3. The number of thioether (sulfide) groups is 1. The van der Waals surface area contributed by atoms with E-state index in [9.17, 15) is 53.4 Å². The molecule has 17 amide bonds. The van der Waals surface area contributed by atoms with Crippen LogP contribution in [0.1, 0.15) is 147 Å². The summed E-state index contributed by atoms with van der Waals surface area (Å²) in [5, 5.41) is 51.5. The molecule has 0 aliphatic carbocycles. The molecule has 0 spiro atoms. The summed E-state index contributed by atoms with van der Waals surface area (Å²) in [6.45, 7) is 6.78. The molecule has 6 heterocycles. The average Bonchev–Trinajstić information content (AvgIpc) is 1.68. The maximum Gasteiger partial charge on any atom is 0.246 e. The Kier molecular flexibility index (Phi) is 38.8. The number of amides is 17. The van der Waals surface area contributed by atoms with E-state index in [0.29, 0.717) is 59.0 Å². The molecule has 14 atom stereocenters. The van der Waals surface area contributed by atoms with Gasteiger partial charge in [0.15, 0.2) is 0 Å². The number of H-pyrrole nitrogens is 2. The summed E-state index contributed by atoms with van der Waals surface area (Å²) in [6.07, 6.45) is 5.06. The molecule has 3 saturated heterocycles. The van der Waals surface area contributed by atoms with Crippen molar-refractivity contribution in [1.29, 1.82) is 0 Å². The summed E-state index contributed by atoms with van der Waals surface area (Å²) >= 11 is 2.16. The molecule has 716 valence electrons. The smallest absolute Gasteiger partial charge is 0.246 e. The number of para-hydroxylation sites is 1. The predicted molar refractivity (Wildman–Crippen MR) is 491 cm³/mol. The minimum atomic E-state index is -1.83. The lowest BCUT2D eigenvalue weighted by molar-refractivity contribution is -0.149.